The maximum Gasteiger partial charge on any atom is 0.334 e. The third kappa shape index (κ3) is 4.49. The Bertz CT molecular complexity index is 645. The molecule has 0 aromatic rings. The first kappa shape index (κ1) is 20.1. The number of esters is 2. The van der Waals surface area contributed by atoms with Gasteiger partial charge in [-0.25, -0.2) is 4.79 Å². The fraction of sp³-hybridized carbons (Fsp3) is 0.550. The predicted octanol–water partition coefficient (Wildman–Crippen LogP) is 2.27. The zero-order chi connectivity index (χ0) is 19.3. The summed E-state index contributed by atoms with van der Waals surface area (Å²) in [6.45, 7) is 7.29. The number of aliphatic hydroxyl groups excluding tert-OH is 1. The summed E-state index contributed by atoms with van der Waals surface area (Å²) in [7, 11) is 0. The molecule has 0 aromatic heterocycles. The van der Waals surface area contributed by atoms with Crippen LogP contribution >= 0.6 is 0 Å². The van der Waals surface area contributed by atoms with Crippen LogP contribution in [0.2, 0.25) is 0 Å². The van der Waals surface area contributed by atoms with Gasteiger partial charge >= 0.3 is 11.9 Å². The van der Waals surface area contributed by atoms with Crippen molar-refractivity contribution < 1.29 is 29.0 Å². The fourth-order valence-corrected chi connectivity index (χ4v) is 3.16. The smallest absolute Gasteiger partial charge is 0.334 e. The quantitative estimate of drug-likeness (QED) is 0.349. The summed E-state index contributed by atoms with van der Waals surface area (Å²) in [4.78, 5) is 35.9. The Morgan fingerprint density at radius 1 is 1.54 bits per heavy atom. The lowest BCUT2D eigenvalue weighted by molar-refractivity contribution is -0.156. The maximum atomic E-state index is 12.3. The van der Waals surface area contributed by atoms with E-state index >= 15 is 0 Å². The second-order valence-corrected chi connectivity index (χ2v) is 6.83. The van der Waals surface area contributed by atoms with E-state index < -0.39 is 24.1 Å². The Labute approximate surface area is 153 Å². The van der Waals surface area contributed by atoms with Gasteiger partial charge in [-0.2, -0.15) is 0 Å². The Morgan fingerprint density at radius 2 is 2.27 bits per heavy atom. The Morgan fingerprint density at radius 3 is 2.88 bits per heavy atom. The average Bonchev–Trinajstić information content (AvgIpc) is 2.91. The van der Waals surface area contributed by atoms with Crippen molar-refractivity contribution in [3.05, 3.63) is 35.5 Å². The van der Waals surface area contributed by atoms with E-state index in [1.165, 1.54) is 0 Å². The van der Waals surface area contributed by atoms with Gasteiger partial charge < -0.3 is 14.6 Å². The van der Waals surface area contributed by atoms with Crippen LogP contribution in [0.15, 0.2) is 35.5 Å². The first-order valence-electron chi connectivity index (χ1n) is 8.96. The van der Waals surface area contributed by atoms with E-state index in [1.807, 2.05) is 6.92 Å². The zero-order valence-electron chi connectivity index (χ0n) is 15.3. The number of carbonyl (C=O) groups excluding carboxylic acids is 3. The molecule has 2 rings (SSSR count). The topological polar surface area (TPSA) is 89.9 Å². The lowest BCUT2D eigenvalue weighted by Gasteiger charge is -2.28. The number of fused-ring (bicyclic) bond motifs is 1. The van der Waals surface area contributed by atoms with E-state index in [9.17, 15) is 19.5 Å². The van der Waals surface area contributed by atoms with Crippen LogP contribution in [0.3, 0.4) is 0 Å². The molecule has 0 saturated carbocycles. The Hall–Kier alpha value is -2.21. The third-order valence-electron chi connectivity index (χ3n) is 5.01. The highest BCUT2D eigenvalue weighted by Crippen LogP contribution is 2.36. The van der Waals surface area contributed by atoms with Gasteiger partial charge in [0.1, 0.15) is 18.5 Å². The van der Waals surface area contributed by atoms with Crippen LogP contribution in [-0.2, 0) is 23.9 Å². The van der Waals surface area contributed by atoms with Gasteiger partial charge in [0.15, 0.2) is 0 Å². The fourth-order valence-electron chi connectivity index (χ4n) is 3.16. The van der Waals surface area contributed by atoms with Crippen molar-refractivity contribution in [2.24, 2.45) is 11.8 Å². The number of ether oxygens (including phenoxy) is 2. The molecule has 1 N–H and O–H groups in total. The van der Waals surface area contributed by atoms with Crippen LogP contribution < -0.4 is 0 Å². The molecule has 0 spiro atoms. The van der Waals surface area contributed by atoms with Crippen molar-refractivity contribution in [1.29, 1.82) is 0 Å². The summed E-state index contributed by atoms with van der Waals surface area (Å²) < 4.78 is 11.1. The van der Waals surface area contributed by atoms with Gasteiger partial charge in [0.05, 0.1) is 18.4 Å². The predicted molar refractivity (Wildman–Crippen MR) is 95.0 cm³/mol. The van der Waals surface area contributed by atoms with Crippen LogP contribution in [-0.4, -0.2) is 42.1 Å². The van der Waals surface area contributed by atoms with E-state index in [1.54, 1.807) is 19.1 Å². The lowest BCUT2D eigenvalue weighted by atomic mass is 9.85. The van der Waals surface area contributed by atoms with Gasteiger partial charge in [0.25, 0.3) is 0 Å². The molecule has 0 amide bonds. The average molecular weight is 362 g/mol. The molecule has 0 unspecified atom stereocenters. The van der Waals surface area contributed by atoms with Crippen LogP contribution in [0.25, 0.3) is 0 Å². The molecule has 1 fully saturated rings. The van der Waals surface area contributed by atoms with Gasteiger partial charge in [-0.15, -0.1) is 0 Å². The summed E-state index contributed by atoms with van der Waals surface area (Å²) in [5, 5.41) is 9.55. The van der Waals surface area contributed by atoms with Gasteiger partial charge in [-0.3, -0.25) is 9.59 Å². The largest absolute Gasteiger partial charge is 0.461 e. The van der Waals surface area contributed by atoms with E-state index in [0.717, 1.165) is 6.29 Å². The molecule has 1 heterocycles. The summed E-state index contributed by atoms with van der Waals surface area (Å²) in [5.74, 6) is -1.80. The monoisotopic (exact) mass is 362 g/mol. The molecule has 4 atom stereocenters. The summed E-state index contributed by atoms with van der Waals surface area (Å²) >= 11 is 0. The lowest BCUT2D eigenvalue weighted by Crippen LogP contribution is -2.35. The Balaban J connectivity index is 2.41. The molecular weight excluding hydrogens is 336 g/mol. The summed E-state index contributed by atoms with van der Waals surface area (Å²) in [5.41, 5.74) is 1.42. The van der Waals surface area contributed by atoms with E-state index in [4.69, 9.17) is 9.47 Å². The maximum absolute atomic E-state index is 12.3. The van der Waals surface area contributed by atoms with Gasteiger partial charge in [0, 0.05) is 12.0 Å². The molecule has 1 aliphatic heterocycles. The molecule has 6 nitrogen and oxygen atoms in total. The number of hydrogen-bond acceptors (Lipinski definition) is 6. The van der Waals surface area contributed by atoms with Gasteiger partial charge in [-0.05, 0) is 36.5 Å². The van der Waals surface area contributed by atoms with Crippen molar-refractivity contribution in [2.45, 2.75) is 51.7 Å². The minimum atomic E-state index is -0.730. The van der Waals surface area contributed by atoms with Gasteiger partial charge in [-0.1, -0.05) is 26.5 Å². The number of aliphatic hydroxyl groups is 1. The first-order chi connectivity index (χ1) is 12.4. The SMILES string of the molecule is C=C1C(=O)O[C@H]2/C=C(\CO)CC/C=C(/C=O)C[C@@H](OC(=O)[C@H](C)CC)[C@@H]12. The molecule has 26 heavy (non-hydrogen) atoms. The van der Waals surface area contributed by atoms with Crippen LogP contribution in [0, 0.1) is 11.8 Å². The summed E-state index contributed by atoms with van der Waals surface area (Å²) in [6.07, 6.45) is 4.78. The number of hydrogen-bond donors (Lipinski definition) is 1. The minimum Gasteiger partial charge on any atom is -0.461 e. The molecular formula is C20H26O6. The van der Waals surface area contributed by atoms with Crippen LogP contribution in [0.5, 0.6) is 0 Å². The molecule has 2 aliphatic rings. The van der Waals surface area contributed by atoms with Crippen molar-refractivity contribution in [2.75, 3.05) is 6.61 Å². The zero-order valence-corrected chi connectivity index (χ0v) is 15.3. The second kappa shape index (κ2) is 8.94. The van der Waals surface area contributed by atoms with Gasteiger partial charge in [0.2, 0.25) is 0 Å². The number of aldehydes is 1. The van der Waals surface area contributed by atoms with E-state index in [-0.39, 0.29) is 30.5 Å². The molecule has 6 heteroatoms. The highest BCUT2D eigenvalue weighted by Gasteiger charge is 2.44. The summed E-state index contributed by atoms with van der Waals surface area (Å²) in [6, 6.07) is 0. The van der Waals surface area contributed by atoms with Crippen molar-refractivity contribution in [3.8, 4) is 0 Å². The molecule has 0 aromatic carbocycles. The highest BCUT2D eigenvalue weighted by molar-refractivity contribution is 5.91. The van der Waals surface area contributed by atoms with E-state index in [2.05, 4.69) is 6.58 Å². The number of rotatable bonds is 5. The van der Waals surface area contributed by atoms with E-state index in [0.29, 0.717) is 30.4 Å². The highest BCUT2D eigenvalue weighted by atomic mass is 16.6. The molecule has 0 bridgehead atoms. The third-order valence-corrected chi connectivity index (χ3v) is 5.01. The normalized spacial score (nSPS) is 31.6. The van der Waals surface area contributed by atoms with Crippen molar-refractivity contribution in [1.82, 2.24) is 0 Å². The molecule has 1 aliphatic carbocycles. The molecule has 142 valence electrons. The van der Waals surface area contributed by atoms with Crippen LogP contribution in [0.1, 0.15) is 39.5 Å². The molecule has 1 saturated heterocycles. The minimum absolute atomic E-state index is 0.172. The number of allylic oxidation sites excluding steroid dienone is 1. The van der Waals surface area contributed by atoms with Crippen molar-refractivity contribution in [3.63, 3.8) is 0 Å². The first-order valence-corrected chi connectivity index (χ1v) is 8.96. The van der Waals surface area contributed by atoms with Crippen LogP contribution in [0.4, 0.5) is 0 Å². The standard InChI is InChI=1S/C20H26O6/c1-4-12(2)19(23)25-16-8-14(10-21)6-5-7-15(11-22)9-17-18(16)13(3)20(24)26-17/h6,9-10,12,16-18,22H,3-5,7-8,11H2,1-2H3/b14-6+,15-9-/t12-,16-,17+,18-/m1/s1. The number of carbonyl (C=O) groups is 3. The second-order valence-electron chi connectivity index (χ2n) is 6.83. The van der Waals surface area contributed by atoms with Crippen molar-refractivity contribution >= 4 is 18.2 Å². The Kier molecular flexibility index (Phi) is 6.91. The molecule has 0 radical (unpaired) electrons.